The van der Waals surface area contributed by atoms with Gasteiger partial charge in [0, 0.05) is 12.6 Å². The highest BCUT2D eigenvalue weighted by atomic mass is 32.1. The number of hydrazone groups is 2. The predicted octanol–water partition coefficient (Wildman–Crippen LogP) is 2.79. The van der Waals surface area contributed by atoms with Crippen LogP contribution in [0.1, 0.15) is 25.0 Å². The summed E-state index contributed by atoms with van der Waals surface area (Å²) in [6.45, 7) is 3.75. The van der Waals surface area contributed by atoms with Crippen LogP contribution < -0.4 is 16.2 Å². The predicted molar refractivity (Wildman–Crippen MR) is 103 cm³/mol. The molecule has 0 aliphatic heterocycles. The second-order valence-electron chi connectivity index (χ2n) is 4.76. The number of benzene rings is 1. The van der Waals surface area contributed by atoms with Gasteiger partial charge in [-0.3, -0.25) is 5.43 Å². The van der Waals surface area contributed by atoms with Gasteiger partial charge in [0.05, 0.1) is 17.9 Å². The third kappa shape index (κ3) is 6.92. The van der Waals surface area contributed by atoms with E-state index in [0.717, 1.165) is 12.1 Å². The number of halogens is 3. The summed E-state index contributed by atoms with van der Waals surface area (Å²) < 4.78 is 43.2. The lowest BCUT2D eigenvalue weighted by Gasteiger charge is -2.11. The third-order valence-electron chi connectivity index (χ3n) is 2.92. The Hall–Kier alpha value is -2.27. The molecule has 0 spiro atoms. The van der Waals surface area contributed by atoms with Gasteiger partial charge in [-0.05, 0) is 50.4 Å². The summed E-state index contributed by atoms with van der Waals surface area (Å²) in [7, 11) is 1.60. The first-order valence-electron chi connectivity index (χ1n) is 7.39. The Balaban J connectivity index is 3.14. The second kappa shape index (κ2) is 10.0. The summed E-state index contributed by atoms with van der Waals surface area (Å²) >= 11 is 9.85. The van der Waals surface area contributed by atoms with Crippen LogP contribution in [-0.4, -0.2) is 35.4 Å². The van der Waals surface area contributed by atoms with Crippen molar-refractivity contribution < 1.29 is 17.9 Å². The largest absolute Gasteiger partial charge is 0.470 e. The molecule has 3 N–H and O–H groups in total. The summed E-state index contributed by atoms with van der Waals surface area (Å²) in [4.78, 5) is 0. The van der Waals surface area contributed by atoms with E-state index in [2.05, 4.69) is 26.4 Å². The molecule has 0 amide bonds. The summed E-state index contributed by atoms with van der Waals surface area (Å²) in [5, 5.41) is 11.1. The molecule has 0 heterocycles. The summed E-state index contributed by atoms with van der Waals surface area (Å²) in [6.07, 6.45) is -4.42. The van der Waals surface area contributed by atoms with Gasteiger partial charge in [-0.25, -0.2) is 5.43 Å². The van der Waals surface area contributed by atoms with E-state index in [1.165, 1.54) is 12.1 Å². The smallest absolute Gasteiger partial charge is 0.416 e. The summed E-state index contributed by atoms with van der Waals surface area (Å²) in [5.74, 6) is 0. The van der Waals surface area contributed by atoms with Crippen LogP contribution in [0, 0.1) is 0 Å². The van der Waals surface area contributed by atoms with Crippen molar-refractivity contribution in [1.29, 1.82) is 0 Å². The van der Waals surface area contributed by atoms with Crippen molar-refractivity contribution in [3.8, 4) is 0 Å². The fourth-order valence-corrected chi connectivity index (χ4v) is 1.89. The average molecular weight is 405 g/mol. The standard InChI is InChI=1S/C15H18F3N5OS2/c1-4-24-14(26)23-20-9(2)12(21-22-13(25)19-3)10-5-7-11(8-6-10)15(16,17)18/h5-8H,4H2,1-3H3,(H,23,26)(H2,19,22,25)/b20-9+,21-12-. The van der Waals surface area contributed by atoms with E-state index >= 15 is 0 Å². The van der Waals surface area contributed by atoms with Crippen LogP contribution in [0.25, 0.3) is 0 Å². The van der Waals surface area contributed by atoms with Crippen LogP contribution in [0.15, 0.2) is 34.5 Å². The lowest BCUT2D eigenvalue weighted by molar-refractivity contribution is -0.137. The van der Waals surface area contributed by atoms with E-state index in [4.69, 9.17) is 29.2 Å². The number of thiocarbonyl (C=S) groups is 2. The van der Waals surface area contributed by atoms with Crippen LogP contribution in [0.4, 0.5) is 13.2 Å². The molecular weight excluding hydrogens is 387 g/mol. The zero-order valence-electron chi connectivity index (χ0n) is 14.3. The highest BCUT2D eigenvalue weighted by molar-refractivity contribution is 7.80. The fraction of sp³-hybridized carbons (Fsp3) is 0.333. The first-order valence-corrected chi connectivity index (χ1v) is 8.21. The molecule has 1 aromatic carbocycles. The van der Waals surface area contributed by atoms with Crippen LogP contribution in [-0.2, 0) is 10.9 Å². The van der Waals surface area contributed by atoms with Gasteiger partial charge >= 0.3 is 6.18 Å². The molecular formula is C15H18F3N5OS2. The van der Waals surface area contributed by atoms with Gasteiger partial charge in [0.25, 0.3) is 5.17 Å². The van der Waals surface area contributed by atoms with E-state index in [0.29, 0.717) is 17.9 Å². The average Bonchev–Trinajstić information content (AvgIpc) is 2.59. The number of hydrogen-bond donors (Lipinski definition) is 3. The fourth-order valence-electron chi connectivity index (χ4n) is 1.68. The number of nitrogens with one attached hydrogen (secondary N) is 3. The van der Waals surface area contributed by atoms with Crippen molar-refractivity contribution in [3.63, 3.8) is 0 Å². The minimum absolute atomic E-state index is 0.0670. The first-order chi connectivity index (χ1) is 12.2. The Kier molecular flexibility index (Phi) is 8.39. The Morgan fingerprint density at radius 3 is 2.23 bits per heavy atom. The molecule has 0 saturated heterocycles. The monoisotopic (exact) mass is 405 g/mol. The highest BCUT2D eigenvalue weighted by Crippen LogP contribution is 2.29. The van der Waals surface area contributed by atoms with E-state index < -0.39 is 11.7 Å². The van der Waals surface area contributed by atoms with E-state index in [9.17, 15) is 13.2 Å². The zero-order chi connectivity index (χ0) is 19.7. The Bertz CT molecular complexity index is 702. The molecule has 0 fully saturated rings. The van der Waals surface area contributed by atoms with E-state index in [-0.39, 0.29) is 16.0 Å². The molecule has 0 radical (unpaired) electrons. The molecule has 0 saturated carbocycles. The maximum absolute atomic E-state index is 12.7. The molecule has 11 heteroatoms. The van der Waals surface area contributed by atoms with E-state index in [1.807, 2.05) is 0 Å². The van der Waals surface area contributed by atoms with Crippen LogP contribution in [0.3, 0.4) is 0 Å². The molecule has 142 valence electrons. The first kappa shape index (κ1) is 21.8. The third-order valence-corrected chi connectivity index (χ3v) is 3.42. The molecule has 1 rings (SSSR count). The molecule has 0 aliphatic rings. The lowest BCUT2D eigenvalue weighted by Crippen LogP contribution is -2.31. The number of hydrogen-bond acceptors (Lipinski definition) is 5. The zero-order valence-corrected chi connectivity index (χ0v) is 15.9. The highest BCUT2D eigenvalue weighted by Gasteiger charge is 2.30. The number of ether oxygens (including phenoxy) is 1. The second-order valence-corrected chi connectivity index (χ2v) is 5.53. The van der Waals surface area contributed by atoms with Crippen molar-refractivity contribution >= 4 is 46.1 Å². The number of alkyl halides is 3. The van der Waals surface area contributed by atoms with Crippen molar-refractivity contribution in [2.75, 3.05) is 13.7 Å². The molecule has 26 heavy (non-hydrogen) atoms. The van der Waals surface area contributed by atoms with Gasteiger partial charge in [0.15, 0.2) is 5.11 Å². The lowest BCUT2D eigenvalue weighted by atomic mass is 10.0. The number of rotatable bonds is 5. The quantitative estimate of drug-likeness (QED) is 0.398. The van der Waals surface area contributed by atoms with E-state index in [1.54, 1.807) is 20.9 Å². The van der Waals surface area contributed by atoms with Crippen molar-refractivity contribution in [3.05, 3.63) is 35.4 Å². The van der Waals surface area contributed by atoms with Gasteiger partial charge < -0.3 is 10.1 Å². The topological polar surface area (TPSA) is 70.0 Å². The van der Waals surface area contributed by atoms with Gasteiger partial charge in [-0.1, -0.05) is 12.1 Å². The Morgan fingerprint density at radius 2 is 1.73 bits per heavy atom. The molecule has 1 aromatic rings. The molecule has 6 nitrogen and oxygen atoms in total. The molecule has 0 bridgehead atoms. The molecule has 0 unspecified atom stereocenters. The molecule has 0 aromatic heterocycles. The summed E-state index contributed by atoms with van der Waals surface area (Å²) in [5.41, 5.74) is 5.41. The van der Waals surface area contributed by atoms with Crippen molar-refractivity contribution in [1.82, 2.24) is 16.2 Å². The maximum atomic E-state index is 12.7. The Labute approximate surface area is 159 Å². The SMILES string of the molecule is CCOC(=S)N/N=C(C)/C(=N/NC(=S)NC)c1ccc(C(F)(F)F)cc1. The van der Waals surface area contributed by atoms with Gasteiger partial charge in [-0.15, -0.1) is 0 Å². The van der Waals surface area contributed by atoms with Crippen LogP contribution >= 0.6 is 24.4 Å². The van der Waals surface area contributed by atoms with Crippen molar-refractivity contribution in [2.24, 2.45) is 10.2 Å². The van der Waals surface area contributed by atoms with Gasteiger partial charge in [-0.2, -0.15) is 23.4 Å². The molecule has 0 aliphatic carbocycles. The molecule has 0 atom stereocenters. The Morgan fingerprint density at radius 1 is 1.12 bits per heavy atom. The normalized spacial score (nSPS) is 12.4. The minimum atomic E-state index is -4.42. The van der Waals surface area contributed by atoms with Crippen LogP contribution in [0.2, 0.25) is 0 Å². The summed E-state index contributed by atoms with van der Waals surface area (Å²) in [6, 6.07) is 4.52. The van der Waals surface area contributed by atoms with Crippen molar-refractivity contribution in [2.45, 2.75) is 20.0 Å². The van der Waals surface area contributed by atoms with Crippen LogP contribution in [0.5, 0.6) is 0 Å². The van der Waals surface area contributed by atoms with Gasteiger partial charge in [0.1, 0.15) is 5.71 Å². The van der Waals surface area contributed by atoms with Gasteiger partial charge in [0.2, 0.25) is 0 Å². The minimum Gasteiger partial charge on any atom is -0.470 e. The maximum Gasteiger partial charge on any atom is 0.416 e. The number of nitrogens with zero attached hydrogens (tertiary/aromatic N) is 2.